The summed E-state index contributed by atoms with van der Waals surface area (Å²) in [5, 5.41) is 7.86. The first-order chi connectivity index (χ1) is 11.1. The minimum Gasteiger partial charge on any atom is -0.357 e. The lowest BCUT2D eigenvalue weighted by atomic mass is 10.1. The Morgan fingerprint density at radius 2 is 2.00 bits per heavy atom. The minimum absolute atomic E-state index is 0. The average molecular weight is 458 g/mol. The number of hydrogen-bond donors (Lipinski definition) is 2. The van der Waals surface area contributed by atoms with E-state index in [1.807, 2.05) is 0 Å². The van der Waals surface area contributed by atoms with Crippen molar-refractivity contribution < 1.29 is 0 Å². The summed E-state index contributed by atoms with van der Waals surface area (Å²) in [4.78, 5) is 10.5. The summed E-state index contributed by atoms with van der Waals surface area (Å²) in [6.07, 6.45) is 0.925. The number of guanidine groups is 1. The predicted molar refractivity (Wildman–Crippen MR) is 115 cm³/mol. The van der Waals surface area contributed by atoms with Crippen LogP contribution in [0.15, 0.2) is 29.3 Å². The summed E-state index contributed by atoms with van der Waals surface area (Å²) < 4.78 is 0. The molecule has 0 radical (unpaired) electrons. The number of halogens is 1. The number of benzene rings is 1. The van der Waals surface area contributed by atoms with Crippen LogP contribution < -0.4 is 10.6 Å². The van der Waals surface area contributed by atoms with E-state index in [2.05, 4.69) is 72.6 Å². The lowest BCUT2D eigenvalue weighted by Crippen LogP contribution is -2.38. The van der Waals surface area contributed by atoms with Gasteiger partial charge in [0.05, 0.1) is 17.2 Å². The first kappa shape index (κ1) is 20.9. The normalized spacial score (nSPS) is 11.1. The molecule has 0 aliphatic carbocycles. The van der Waals surface area contributed by atoms with Crippen LogP contribution in [0.2, 0.25) is 0 Å². The fraction of sp³-hybridized carbons (Fsp3) is 0.444. The van der Waals surface area contributed by atoms with Gasteiger partial charge in [-0.1, -0.05) is 29.8 Å². The second-order valence-corrected chi connectivity index (χ2v) is 6.90. The topological polar surface area (TPSA) is 49.3 Å². The van der Waals surface area contributed by atoms with Crippen LogP contribution >= 0.6 is 35.3 Å². The maximum atomic E-state index is 4.66. The Hall–Kier alpha value is -1.15. The molecule has 0 atom stereocenters. The highest BCUT2D eigenvalue weighted by molar-refractivity contribution is 14.0. The molecule has 1 aromatic carbocycles. The highest BCUT2D eigenvalue weighted by atomic mass is 127. The summed E-state index contributed by atoms with van der Waals surface area (Å²) in [5.41, 5.74) is 3.64. The maximum Gasteiger partial charge on any atom is 0.191 e. The molecule has 132 valence electrons. The molecule has 4 nitrogen and oxygen atoms in total. The molecule has 0 amide bonds. The molecule has 2 N–H and O–H groups in total. The zero-order valence-corrected chi connectivity index (χ0v) is 18.0. The van der Waals surface area contributed by atoms with Crippen molar-refractivity contribution in [2.24, 2.45) is 4.99 Å². The molecule has 0 bridgehead atoms. The molecule has 0 aliphatic heterocycles. The molecule has 1 aromatic heterocycles. The smallest absolute Gasteiger partial charge is 0.191 e. The van der Waals surface area contributed by atoms with E-state index in [1.165, 1.54) is 21.0 Å². The van der Waals surface area contributed by atoms with Crippen LogP contribution in [-0.4, -0.2) is 24.0 Å². The van der Waals surface area contributed by atoms with Crippen molar-refractivity contribution in [1.29, 1.82) is 0 Å². The lowest BCUT2D eigenvalue weighted by molar-refractivity contribution is 0.795. The Morgan fingerprint density at radius 3 is 2.62 bits per heavy atom. The van der Waals surface area contributed by atoms with Gasteiger partial charge in [-0.25, -0.2) is 9.98 Å². The second-order valence-electron chi connectivity index (χ2n) is 5.61. The second kappa shape index (κ2) is 10.7. The number of hydrogen-bond acceptors (Lipinski definition) is 3. The van der Waals surface area contributed by atoms with Gasteiger partial charge in [-0.3, -0.25) is 0 Å². The maximum absolute atomic E-state index is 4.66. The Balaban J connectivity index is 0.00000288. The van der Waals surface area contributed by atoms with Crippen molar-refractivity contribution in [3.8, 4) is 0 Å². The predicted octanol–water partition coefficient (Wildman–Crippen LogP) is 3.98. The van der Waals surface area contributed by atoms with E-state index < -0.39 is 0 Å². The van der Waals surface area contributed by atoms with Crippen molar-refractivity contribution in [2.75, 3.05) is 13.1 Å². The summed E-state index contributed by atoms with van der Waals surface area (Å²) >= 11 is 1.78. The van der Waals surface area contributed by atoms with Gasteiger partial charge in [0.25, 0.3) is 0 Å². The molecule has 0 saturated carbocycles. The molecular formula is C18H27IN4S. The zero-order chi connectivity index (χ0) is 16.7. The summed E-state index contributed by atoms with van der Waals surface area (Å²) in [5.74, 6) is 0.860. The molecule has 2 aromatic rings. The van der Waals surface area contributed by atoms with Crippen molar-refractivity contribution in [1.82, 2.24) is 15.6 Å². The van der Waals surface area contributed by atoms with Crippen molar-refractivity contribution >= 4 is 41.3 Å². The van der Waals surface area contributed by atoms with Crippen molar-refractivity contribution in [2.45, 2.75) is 40.7 Å². The van der Waals surface area contributed by atoms with Crippen LogP contribution in [0.25, 0.3) is 0 Å². The van der Waals surface area contributed by atoms with Gasteiger partial charge < -0.3 is 10.6 Å². The number of nitrogens with zero attached hydrogens (tertiary/aromatic N) is 2. The first-order valence-electron chi connectivity index (χ1n) is 8.09. The Bertz CT molecular complexity index is 647. The average Bonchev–Trinajstić information content (AvgIpc) is 2.83. The quantitative estimate of drug-likeness (QED) is 0.391. The molecule has 0 unspecified atom stereocenters. The van der Waals surface area contributed by atoms with Crippen LogP contribution in [0.4, 0.5) is 0 Å². The number of aromatic nitrogens is 1. The number of aliphatic imine (C=N–C) groups is 1. The van der Waals surface area contributed by atoms with Crippen LogP contribution in [0.1, 0.15) is 33.6 Å². The van der Waals surface area contributed by atoms with Crippen LogP contribution in [0, 0.1) is 20.8 Å². The van der Waals surface area contributed by atoms with Gasteiger partial charge in [-0.2, -0.15) is 0 Å². The van der Waals surface area contributed by atoms with Gasteiger partial charge >= 0.3 is 0 Å². The fourth-order valence-corrected chi connectivity index (χ4v) is 3.19. The summed E-state index contributed by atoms with van der Waals surface area (Å²) in [6.45, 7) is 10.8. The van der Waals surface area contributed by atoms with E-state index in [-0.39, 0.29) is 24.0 Å². The van der Waals surface area contributed by atoms with Crippen LogP contribution in [0.5, 0.6) is 0 Å². The minimum atomic E-state index is 0. The van der Waals surface area contributed by atoms with Crippen LogP contribution in [0.3, 0.4) is 0 Å². The molecule has 2 rings (SSSR count). The fourth-order valence-electron chi connectivity index (χ4n) is 2.26. The Morgan fingerprint density at radius 1 is 1.21 bits per heavy atom. The third kappa shape index (κ3) is 6.76. The highest BCUT2D eigenvalue weighted by Gasteiger charge is 2.04. The Kier molecular flexibility index (Phi) is 9.28. The van der Waals surface area contributed by atoms with E-state index in [0.29, 0.717) is 6.54 Å². The first-order valence-corrected chi connectivity index (χ1v) is 8.90. The summed E-state index contributed by atoms with van der Waals surface area (Å²) in [7, 11) is 0. The SMILES string of the molecule is CCNC(=NCc1cccc(C)c1)NCCc1nc(C)c(C)s1.I. The Labute approximate surface area is 166 Å². The number of rotatable bonds is 6. The van der Waals surface area contributed by atoms with Gasteiger partial charge in [0.2, 0.25) is 0 Å². The largest absolute Gasteiger partial charge is 0.357 e. The van der Waals surface area contributed by atoms with Gasteiger partial charge in [0, 0.05) is 24.4 Å². The van der Waals surface area contributed by atoms with Crippen molar-refractivity contribution in [3.63, 3.8) is 0 Å². The van der Waals surface area contributed by atoms with Gasteiger partial charge in [0.1, 0.15) is 0 Å². The molecule has 24 heavy (non-hydrogen) atoms. The highest BCUT2D eigenvalue weighted by Crippen LogP contribution is 2.16. The third-order valence-electron chi connectivity index (χ3n) is 3.55. The van der Waals surface area contributed by atoms with Gasteiger partial charge in [0.15, 0.2) is 5.96 Å². The number of nitrogens with one attached hydrogen (secondary N) is 2. The third-order valence-corrected chi connectivity index (χ3v) is 4.68. The number of aryl methyl sites for hydroxylation is 3. The molecule has 0 fully saturated rings. The zero-order valence-electron chi connectivity index (χ0n) is 14.8. The lowest BCUT2D eigenvalue weighted by Gasteiger charge is -2.10. The molecule has 0 saturated heterocycles. The van der Waals surface area contributed by atoms with E-state index in [0.717, 1.165) is 31.2 Å². The standard InChI is InChI=1S/C18H26N4S.HI/c1-5-19-18(21-12-16-8-6-7-13(2)11-16)20-10-9-17-22-14(3)15(4)23-17;/h6-8,11H,5,9-10,12H2,1-4H3,(H2,19,20,21);1H. The van der Waals surface area contributed by atoms with E-state index in [9.17, 15) is 0 Å². The van der Waals surface area contributed by atoms with Gasteiger partial charge in [-0.05, 0) is 33.3 Å². The van der Waals surface area contributed by atoms with E-state index in [4.69, 9.17) is 0 Å². The molecule has 0 aliphatic rings. The number of thiazole rings is 1. The molecule has 6 heteroatoms. The molecular weight excluding hydrogens is 431 g/mol. The van der Waals surface area contributed by atoms with Crippen molar-refractivity contribution in [3.05, 3.63) is 51.0 Å². The monoisotopic (exact) mass is 458 g/mol. The summed E-state index contributed by atoms with van der Waals surface area (Å²) in [6, 6.07) is 8.47. The van der Waals surface area contributed by atoms with Crippen LogP contribution in [-0.2, 0) is 13.0 Å². The molecule has 0 spiro atoms. The molecule has 1 heterocycles. The van der Waals surface area contributed by atoms with Gasteiger partial charge in [-0.15, -0.1) is 35.3 Å². The van der Waals surface area contributed by atoms with E-state index >= 15 is 0 Å². The van der Waals surface area contributed by atoms with E-state index in [1.54, 1.807) is 11.3 Å².